The van der Waals surface area contributed by atoms with Gasteiger partial charge >= 0.3 is 0 Å². The van der Waals surface area contributed by atoms with E-state index in [1.807, 2.05) is 18.2 Å². The molecule has 0 radical (unpaired) electrons. The van der Waals surface area contributed by atoms with E-state index in [0.29, 0.717) is 17.0 Å². The number of hydrogen-bond donors (Lipinski definition) is 2. The van der Waals surface area contributed by atoms with Crippen molar-refractivity contribution in [3.8, 4) is 11.8 Å². The van der Waals surface area contributed by atoms with Gasteiger partial charge in [0.25, 0.3) is 0 Å². The van der Waals surface area contributed by atoms with Crippen molar-refractivity contribution >= 4 is 17.3 Å². The third-order valence-corrected chi connectivity index (χ3v) is 4.09. The van der Waals surface area contributed by atoms with E-state index in [0.717, 1.165) is 11.3 Å². The molecule has 2 N–H and O–H groups in total. The minimum atomic E-state index is -0.482. The van der Waals surface area contributed by atoms with Crippen molar-refractivity contribution in [1.29, 1.82) is 5.26 Å². The molecule has 1 atom stereocenters. The number of hydrogen-bond acceptors (Lipinski definition) is 4. The number of rotatable bonds is 5. The molecular weight excluding hydrogens is 326 g/mol. The Morgan fingerprint density at radius 2 is 1.92 bits per heavy atom. The van der Waals surface area contributed by atoms with E-state index in [1.54, 1.807) is 38.3 Å². The monoisotopic (exact) mass is 351 g/mol. The molecule has 0 aliphatic carbocycles. The number of anilines is 2. The lowest BCUT2D eigenvalue weighted by atomic mass is 9.86. The maximum absolute atomic E-state index is 12.5. The van der Waals surface area contributed by atoms with Gasteiger partial charge in [0.05, 0.1) is 24.4 Å². The first-order valence-electron chi connectivity index (χ1n) is 8.50. The number of amides is 1. The third kappa shape index (κ3) is 4.76. The first kappa shape index (κ1) is 19.3. The van der Waals surface area contributed by atoms with E-state index in [-0.39, 0.29) is 11.3 Å². The molecule has 0 saturated carbocycles. The molecule has 0 saturated heterocycles. The lowest BCUT2D eigenvalue weighted by Gasteiger charge is -2.23. The fourth-order valence-corrected chi connectivity index (χ4v) is 2.50. The summed E-state index contributed by atoms with van der Waals surface area (Å²) in [6.07, 6.45) is 0. The first-order valence-corrected chi connectivity index (χ1v) is 8.50. The predicted octanol–water partition coefficient (Wildman–Crippen LogP) is 4.30. The molecule has 136 valence electrons. The normalized spacial score (nSPS) is 12.0. The van der Waals surface area contributed by atoms with Crippen LogP contribution in [0.25, 0.3) is 0 Å². The molecule has 0 bridgehead atoms. The van der Waals surface area contributed by atoms with Crippen LogP contribution < -0.4 is 15.4 Å². The van der Waals surface area contributed by atoms with Crippen molar-refractivity contribution in [2.45, 2.75) is 39.2 Å². The molecule has 0 aliphatic heterocycles. The van der Waals surface area contributed by atoms with Crippen LogP contribution >= 0.6 is 0 Å². The highest BCUT2D eigenvalue weighted by molar-refractivity contribution is 5.96. The van der Waals surface area contributed by atoms with Crippen molar-refractivity contribution in [3.05, 3.63) is 53.6 Å². The highest BCUT2D eigenvalue weighted by atomic mass is 16.5. The summed E-state index contributed by atoms with van der Waals surface area (Å²) in [6, 6.07) is 14.4. The summed E-state index contributed by atoms with van der Waals surface area (Å²) in [7, 11) is 1.61. The fourth-order valence-electron chi connectivity index (χ4n) is 2.50. The van der Waals surface area contributed by atoms with E-state index in [4.69, 9.17) is 10.00 Å². The van der Waals surface area contributed by atoms with Gasteiger partial charge in [0.1, 0.15) is 11.8 Å². The zero-order chi connectivity index (χ0) is 19.3. The number of nitriles is 1. The lowest BCUT2D eigenvalue weighted by molar-refractivity contribution is -0.116. The maximum Gasteiger partial charge on any atom is 0.246 e. The Bertz CT molecular complexity index is 832. The molecule has 2 aromatic carbocycles. The number of ether oxygens (including phenoxy) is 1. The predicted molar refractivity (Wildman–Crippen MR) is 105 cm³/mol. The third-order valence-electron chi connectivity index (χ3n) is 4.09. The van der Waals surface area contributed by atoms with Gasteiger partial charge in [0.15, 0.2) is 0 Å². The van der Waals surface area contributed by atoms with Crippen LogP contribution in [0, 0.1) is 11.3 Å². The number of nitrogens with zero attached hydrogens (tertiary/aromatic N) is 1. The van der Waals surface area contributed by atoms with Crippen molar-refractivity contribution in [3.63, 3.8) is 0 Å². The molecule has 5 nitrogen and oxygen atoms in total. The van der Waals surface area contributed by atoms with Crippen molar-refractivity contribution in [2.75, 3.05) is 17.7 Å². The zero-order valence-corrected chi connectivity index (χ0v) is 15.9. The van der Waals surface area contributed by atoms with Crippen molar-refractivity contribution < 1.29 is 9.53 Å². The number of carbonyl (C=O) groups excluding carboxylic acids is 1. The van der Waals surface area contributed by atoms with Gasteiger partial charge in [-0.1, -0.05) is 32.9 Å². The summed E-state index contributed by atoms with van der Waals surface area (Å²) in [5, 5.41) is 15.0. The van der Waals surface area contributed by atoms with Gasteiger partial charge < -0.3 is 15.4 Å². The van der Waals surface area contributed by atoms with E-state index in [9.17, 15) is 4.79 Å². The molecule has 2 aromatic rings. The second kappa shape index (κ2) is 7.92. The molecule has 5 heteroatoms. The molecule has 0 heterocycles. The van der Waals surface area contributed by atoms with E-state index < -0.39 is 6.04 Å². The van der Waals surface area contributed by atoms with Gasteiger partial charge in [0, 0.05) is 5.69 Å². The Hall–Kier alpha value is -3.00. The second-order valence-corrected chi connectivity index (χ2v) is 7.21. The summed E-state index contributed by atoms with van der Waals surface area (Å²) < 4.78 is 5.41. The lowest BCUT2D eigenvalue weighted by Crippen LogP contribution is -2.32. The van der Waals surface area contributed by atoms with Gasteiger partial charge in [0.2, 0.25) is 5.91 Å². The molecule has 0 unspecified atom stereocenters. The van der Waals surface area contributed by atoms with E-state index >= 15 is 0 Å². The second-order valence-electron chi connectivity index (χ2n) is 7.21. The largest absolute Gasteiger partial charge is 0.495 e. The van der Waals surface area contributed by atoms with Crippen molar-refractivity contribution in [2.24, 2.45) is 0 Å². The SMILES string of the molecule is COc1ccc(C(C)(C)C)cc1N[C@H](C)C(=O)Nc1cccc(C#N)c1. The Kier molecular flexibility index (Phi) is 5.89. The molecule has 0 aromatic heterocycles. The van der Waals surface area contributed by atoms with Crippen LogP contribution in [0.3, 0.4) is 0 Å². The zero-order valence-electron chi connectivity index (χ0n) is 15.9. The maximum atomic E-state index is 12.5. The van der Waals surface area contributed by atoms with Crippen LogP contribution in [-0.2, 0) is 10.2 Å². The topological polar surface area (TPSA) is 74.2 Å². The van der Waals surface area contributed by atoms with Crippen LogP contribution in [0.2, 0.25) is 0 Å². The summed E-state index contributed by atoms with van der Waals surface area (Å²) in [5.41, 5.74) is 3.01. The summed E-state index contributed by atoms with van der Waals surface area (Å²) in [5.74, 6) is 0.493. The molecular formula is C21H25N3O2. The Morgan fingerprint density at radius 3 is 2.54 bits per heavy atom. The molecule has 1 amide bonds. The van der Waals surface area contributed by atoms with Gasteiger partial charge in [-0.25, -0.2) is 0 Å². The molecule has 0 fully saturated rings. The van der Waals surface area contributed by atoms with Gasteiger partial charge in [-0.2, -0.15) is 5.26 Å². The van der Waals surface area contributed by atoms with Crippen LogP contribution in [0.1, 0.15) is 38.8 Å². The van der Waals surface area contributed by atoms with E-state index in [2.05, 4.69) is 37.5 Å². The highest BCUT2D eigenvalue weighted by Gasteiger charge is 2.19. The van der Waals surface area contributed by atoms with Crippen LogP contribution in [0.15, 0.2) is 42.5 Å². The molecule has 0 spiro atoms. The number of carbonyl (C=O) groups is 1. The minimum Gasteiger partial charge on any atom is -0.495 e. The average molecular weight is 351 g/mol. The number of benzene rings is 2. The molecule has 0 aliphatic rings. The van der Waals surface area contributed by atoms with Gasteiger partial charge in [-0.15, -0.1) is 0 Å². The standard InChI is InChI=1S/C21H25N3O2/c1-14(20(25)24-17-8-6-7-15(11-17)13-22)23-18-12-16(21(2,3)4)9-10-19(18)26-5/h6-12,14,23H,1-5H3,(H,24,25)/t14-/m1/s1. The summed E-state index contributed by atoms with van der Waals surface area (Å²) >= 11 is 0. The Labute approximate surface area is 155 Å². The van der Waals surface area contributed by atoms with Crippen molar-refractivity contribution in [1.82, 2.24) is 0 Å². The first-order chi connectivity index (χ1) is 12.2. The molecule has 2 rings (SSSR count). The van der Waals surface area contributed by atoms with Crippen LogP contribution in [0.5, 0.6) is 5.75 Å². The van der Waals surface area contributed by atoms with Gasteiger partial charge in [-0.3, -0.25) is 4.79 Å². The van der Waals surface area contributed by atoms with E-state index in [1.165, 1.54) is 0 Å². The Morgan fingerprint density at radius 1 is 1.19 bits per heavy atom. The van der Waals surface area contributed by atoms with Gasteiger partial charge in [-0.05, 0) is 48.2 Å². The minimum absolute atomic E-state index is 0.00800. The summed E-state index contributed by atoms with van der Waals surface area (Å²) in [4.78, 5) is 12.5. The smallest absolute Gasteiger partial charge is 0.246 e. The number of methoxy groups -OCH3 is 1. The fraction of sp³-hybridized carbons (Fsp3) is 0.333. The van der Waals surface area contributed by atoms with Crippen LogP contribution in [0.4, 0.5) is 11.4 Å². The van der Waals surface area contributed by atoms with Crippen LogP contribution in [-0.4, -0.2) is 19.1 Å². The average Bonchev–Trinajstić information content (AvgIpc) is 2.61. The molecule has 26 heavy (non-hydrogen) atoms. The Balaban J connectivity index is 2.16. The number of nitrogens with one attached hydrogen (secondary N) is 2. The highest BCUT2D eigenvalue weighted by Crippen LogP contribution is 2.31. The quantitative estimate of drug-likeness (QED) is 0.842. The summed E-state index contributed by atoms with van der Waals surface area (Å²) in [6.45, 7) is 8.19.